The van der Waals surface area contributed by atoms with Crippen LogP contribution in [-0.4, -0.2) is 25.3 Å². The number of carbonyl (C=O) groups excluding carboxylic acids is 1. The second kappa shape index (κ2) is 8.95. The van der Waals surface area contributed by atoms with Crippen molar-refractivity contribution in [2.45, 2.75) is 6.92 Å². The Morgan fingerprint density at radius 1 is 1.17 bits per heavy atom. The highest BCUT2D eigenvalue weighted by Crippen LogP contribution is 2.26. The highest BCUT2D eigenvalue weighted by atomic mass is 79.9. The first kappa shape index (κ1) is 17.0. The van der Waals surface area contributed by atoms with Gasteiger partial charge in [-0.05, 0) is 36.8 Å². The maximum atomic E-state index is 11.7. The molecule has 5 nitrogen and oxygen atoms in total. The van der Waals surface area contributed by atoms with Crippen molar-refractivity contribution >= 4 is 28.1 Å². The lowest BCUT2D eigenvalue weighted by atomic mass is 10.2. The maximum Gasteiger partial charge on any atom is 0.277 e. The normalized spacial score (nSPS) is 10.5. The van der Waals surface area contributed by atoms with E-state index in [1.54, 1.807) is 18.3 Å². The minimum Gasteiger partial charge on any atom is -0.490 e. The third-order valence-corrected chi connectivity index (χ3v) is 3.25. The summed E-state index contributed by atoms with van der Waals surface area (Å²) in [6.45, 7) is 2.28. The number of amides is 1. The molecule has 0 fully saturated rings. The van der Waals surface area contributed by atoms with E-state index in [1.807, 2.05) is 43.3 Å². The molecule has 0 aliphatic heterocycles. The Hall–Kier alpha value is -2.34. The van der Waals surface area contributed by atoms with Crippen molar-refractivity contribution in [3.05, 3.63) is 58.6 Å². The smallest absolute Gasteiger partial charge is 0.277 e. The van der Waals surface area contributed by atoms with Crippen LogP contribution >= 0.6 is 15.9 Å². The number of carbonyl (C=O) groups is 1. The third kappa shape index (κ3) is 5.75. The van der Waals surface area contributed by atoms with Gasteiger partial charge in [-0.25, -0.2) is 5.43 Å². The number of nitrogens with zero attached hydrogens (tertiary/aromatic N) is 1. The molecule has 0 spiro atoms. The number of hydrogen-bond acceptors (Lipinski definition) is 4. The molecule has 0 aromatic heterocycles. The Morgan fingerprint density at radius 3 is 2.61 bits per heavy atom. The number of benzene rings is 2. The van der Waals surface area contributed by atoms with Crippen LogP contribution in [0, 0.1) is 0 Å². The fourth-order valence-corrected chi connectivity index (χ4v) is 2.20. The summed E-state index contributed by atoms with van der Waals surface area (Å²) in [5.41, 5.74) is 3.30. The van der Waals surface area contributed by atoms with Crippen molar-refractivity contribution in [3.8, 4) is 11.5 Å². The summed E-state index contributed by atoms with van der Waals surface area (Å²) in [4.78, 5) is 11.7. The minimum atomic E-state index is -0.345. The van der Waals surface area contributed by atoms with Crippen molar-refractivity contribution < 1.29 is 14.3 Å². The highest BCUT2D eigenvalue weighted by molar-refractivity contribution is 9.10. The van der Waals surface area contributed by atoms with Crippen LogP contribution in [0.3, 0.4) is 0 Å². The first-order valence-electron chi connectivity index (χ1n) is 7.11. The average Bonchev–Trinajstić information content (AvgIpc) is 2.54. The van der Waals surface area contributed by atoms with Crippen LogP contribution in [0.15, 0.2) is 58.1 Å². The van der Waals surface area contributed by atoms with E-state index >= 15 is 0 Å². The summed E-state index contributed by atoms with van der Waals surface area (Å²) in [6, 6.07) is 14.8. The van der Waals surface area contributed by atoms with Crippen LogP contribution in [0.4, 0.5) is 0 Å². The number of hydrazone groups is 1. The zero-order chi connectivity index (χ0) is 16.5. The van der Waals surface area contributed by atoms with E-state index in [2.05, 4.69) is 26.5 Å². The van der Waals surface area contributed by atoms with Crippen LogP contribution in [0.5, 0.6) is 11.5 Å². The van der Waals surface area contributed by atoms with Gasteiger partial charge in [-0.3, -0.25) is 4.79 Å². The quantitative estimate of drug-likeness (QED) is 0.595. The molecule has 1 amide bonds. The van der Waals surface area contributed by atoms with Crippen molar-refractivity contribution in [3.63, 3.8) is 0 Å². The molecule has 1 N–H and O–H groups in total. The van der Waals surface area contributed by atoms with Crippen LogP contribution in [0.2, 0.25) is 0 Å². The van der Waals surface area contributed by atoms with Gasteiger partial charge in [0.15, 0.2) is 18.1 Å². The summed E-state index contributed by atoms with van der Waals surface area (Å²) in [6.07, 6.45) is 1.57. The second-order valence-corrected chi connectivity index (χ2v) is 5.43. The van der Waals surface area contributed by atoms with Crippen molar-refractivity contribution in [2.75, 3.05) is 13.2 Å². The predicted octanol–water partition coefficient (Wildman–Crippen LogP) is 3.38. The zero-order valence-electron chi connectivity index (χ0n) is 12.7. The molecule has 0 unspecified atom stereocenters. The Bertz CT molecular complexity index is 689. The van der Waals surface area contributed by atoms with Gasteiger partial charge in [-0.15, -0.1) is 0 Å². The van der Waals surface area contributed by atoms with E-state index in [1.165, 1.54) is 0 Å². The summed E-state index contributed by atoms with van der Waals surface area (Å²) >= 11 is 3.37. The van der Waals surface area contributed by atoms with Gasteiger partial charge in [0.25, 0.3) is 5.91 Å². The van der Waals surface area contributed by atoms with E-state index < -0.39 is 0 Å². The maximum absolute atomic E-state index is 11.7. The number of para-hydroxylation sites is 2. The summed E-state index contributed by atoms with van der Waals surface area (Å²) in [5.74, 6) is 0.795. The molecule has 0 saturated heterocycles. The molecule has 0 radical (unpaired) electrons. The number of rotatable bonds is 7. The Balaban J connectivity index is 1.84. The largest absolute Gasteiger partial charge is 0.490 e. The molecule has 0 aliphatic carbocycles. The van der Waals surface area contributed by atoms with Gasteiger partial charge in [0.2, 0.25) is 0 Å². The first-order chi connectivity index (χ1) is 11.2. The van der Waals surface area contributed by atoms with Crippen molar-refractivity contribution in [1.82, 2.24) is 5.43 Å². The average molecular weight is 377 g/mol. The van der Waals surface area contributed by atoms with Gasteiger partial charge < -0.3 is 9.47 Å². The molecule has 2 aromatic carbocycles. The standard InChI is InChI=1S/C17H17BrN2O3/c1-2-22-15-8-3-4-9-16(15)23-12-17(21)20-19-11-13-6-5-7-14(18)10-13/h3-11H,2,12H2,1H3,(H,20,21)/b19-11+. The minimum absolute atomic E-state index is 0.139. The van der Waals surface area contributed by atoms with Gasteiger partial charge in [0.1, 0.15) is 0 Å². The van der Waals surface area contributed by atoms with Crippen LogP contribution in [-0.2, 0) is 4.79 Å². The summed E-state index contributed by atoms with van der Waals surface area (Å²) in [5, 5.41) is 3.90. The summed E-state index contributed by atoms with van der Waals surface area (Å²) < 4.78 is 11.8. The fourth-order valence-electron chi connectivity index (χ4n) is 1.79. The van der Waals surface area contributed by atoms with Gasteiger partial charge in [0.05, 0.1) is 12.8 Å². The lowest BCUT2D eigenvalue weighted by Gasteiger charge is -2.10. The second-order valence-electron chi connectivity index (χ2n) is 4.52. The van der Waals surface area contributed by atoms with E-state index in [4.69, 9.17) is 9.47 Å². The predicted molar refractivity (Wildman–Crippen MR) is 93.0 cm³/mol. The van der Waals surface area contributed by atoms with Gasteiger partial charge in [0, 0.05) is 4.47 Å². The summed E-state index contributed by atoms with van der Waals surface area (Å²) in [7, 11) is 0. The molecule has 0 heterocycles. The molecule has 0 atom stereocenters. The lowest BCUT2D eigenvalue weighted by molar-refractivity contribution is -0.123. The number of halogens is 1. The Kier molecular flexibility index (Phi) is 6.62. The molecule has 0 saturated carbocycles. The molecular formula is C17H17BrN2O3. The SMILES string of the molecule is CCOc1ccccc1OCC(=O)N/N=C/c1cccc(Br)c1. The third-order valence-electron chi connectivity index (χ3n) is 2.76. The molecular weight excluding hydrogens is 360 g/mol. The van der Waals surface area contributed by atoms with E-state index in [9.17, 15) is 4.79 Å². The van der Waals surface area contributed by atoms with E-state index in [0.29, 0.717) is 18.1 Å². The lowest BCUT2D eigenvalue weighted by Crippen LogP contribution is -2.24. The molecule has 2 rings (SSSR count). The first-order valence-corrected chi connectivity index (χ1v) is 7.90. The number of ether oxygens (including phenoxy) is 2. The van der Waals surface area contributed by atoms with E-state index in [-0.39, 0.29) is 12.5 Å². The fraction of sp³-hybridized carbons (Fsp3) is 0.176. The van der Waals surface area contributed by atoms with Crippen LogP contribution in [0.25, 0.3) is 0 Å². The molecule has 0 aliphatic rings. The molecule has 23 heavy (non-hydrogen) atoms. The number of hydrogen-bond donors (Lipinski definition) is 1. The monoisotopic (exact) mass is 376 g/mol. The van der Waals surface area contributed by atoms with Crippen molar-refractivity contribution in [2.24, 2.45) is 5.10 Å². The van der Waals surface area contributed by atoms with Crippen LogP contribution in [0.1, 0.15) is 12.5 Å². The number of nitrogens with one attached hydrogen (secondary N) is 1. The van der Waals surface area contributed by atoms with E-state index in [0.717, 1.165) is 10.0 Å². The highest BCUT2D eigenvalue weighted by Gasteiger charge is 2.06. The van der Waals surface area contributed by atoms with Gasteiger partial charge in [-0.1, -0.05) is 40.2 Å². The molecule has 0 bridgehead atoms. The zero-order valence-corrected chi connectivity index (χ0v) is 14.2. The Morgan fingerprint density at radius 2 is 1.91 bits per heavy atom. The molecule has 120 valence electrons. The van der Waals surface area contributed by atoms with Crippen LogP contribution < -0.4 is 14.9 Å². The van der Waals surface area contributed by atoms with Crippen molar-refractivity contribution in [1.29, 1.82) is 0 Å². The topological polar surface area (TPSA) is 59.9 Å². The Labute approximate surface area is 143 Å². The van der Waals surface area contributed by atoms with Gasteiger partial charge >= 0.3 is 0 Å². The molecule has 6 heteroatoms. The van der Waals surface area contributed by atoms with Gasteiger partial charge in [-0.2, -0.15) is 5.10 Å². The molecule has 2 aromatic rings.